The number of nitrogens with zero attached hydrogens (tertiary/aromatic N) is 4. The van der Waals surface area contributed by atoms with Gasteiger partial charge in [0.05, 0.1) is 21.8 Å². The molecule has 0 bridgehead atoms. The van der Waals surface area contributed by atoms with Crippen LogP contribution in [-0.2, 0) is 31.7 Å². The van der Waals surface area contributed by atoms with Gasteiger partial charge in [-0.05, 0) is 124 Å². The summed E-state index contributed by atoms with van der Waals surface area (Å²) >= 11 is 7.64. The van der Waals surface area contributed by atoms with Crippen molar-refractivity contribution in [2.45, 2.75) is 45.8 Å². The largest absolute Gasteiger partial charge is 0.501 e. The molecule has 0 unspecified atom stereocenters. The molecule has 5 aromatic carbocycles. The Kier molecular flexibility index (Phi) is 18.0. The first-order chi connectivity index (χ1) is 34.7. The molecule has 1 aliphatic rings. The molecule has 6 aromatic rings. The topological polar surface area (TPSA) is 182 Å². The van der Waals surface area contributed by atoms with Crippen LogP contribution in [0.25, 0.3) is 22.4 Å². The second-order valence-corrected chi connectivity index (χ2v) is 22.3. The van der Waals surface area contributed by atoms with Gasteiger partial charge in [-0.3, -0.25) is 4.72 Å². The van der Waals surface area contributed by atoms with Gasteiger partial charge in [0.2, 0.25) is 0 Å². The highest BCUT2D eigenvalue weighted by Gasteiger charge is 2.48. The predicted molar refractivity (Wildman–Crippen MR) is 276 cm³/mol. The van der Waals surface area contributed by atoms with Crippen molar-refractivity contribution < 1.29 is 63.0 Å². The zero-order chi connectivity index (χ0) is 54.3. The predicted octanol–water partition coefficient (Wildman–Crippen LogP) is 10.6. The monoisotopic (exact) mass is 1110 g/mol. The number of hydrogen-bond acceptors (Lipinski definition) is 11. The number of carbonyl (C=O) groups is 2. The van der Waals surface area contributed by atoms with E-state index in [1.165, 1.54) is 23.9 Å². The van der Waals surface area contributed by atoms with E-state index in [0.717, 1.165) is 45.2 Å². The number of hydrogen-bond donors (Lipinski definition) is 4. The molecule has 4 N–H and O–H groups in total. The van der Waals surface area contributed by atoms with Gasteiger partial charge in [0.25, 0.3) is 19.9 Å². The number of halogens is 7. The van der Waals surface area contributed by atoms with Crippen molar-refractivity contribution in [2.24, 2.45) is 7.05 Å². The summed E-state index contributed by atoms with van der Waals surface area (Å²) in [7, 11) is -5.01. The summed E-state index contributed by atoms with van der Waals surface area (Å²) in [6.07, 6.45) is -4.63. The van der Waals surface area contributed by atoms with E-state index < -0.39 is 59.3 Å². The maximum atomic E-state index is 14.1. The summed E-state index contributed by atoms with van der Waals surface area (Å²) in [5.74, 6) is -3.39. The van der Waals surface area contributed by atoms with Crippen molar-refractivity contribution in [3.05, 3.63) is 138 Å². The first kappa shape index (κ1) is 56.9. The van der Waals surface area contributed by atoms with Gasteiger partial charge in [-0.2, -0.15) is 26.3 Å². The molecule has 2 heterocycles. The van der Waals surface area contributed by atoms with Gasteiger partial charge in [0.1, 0.15) is 4.90 Å². The fourth-order valence-electron chi connectivity index (χ4n) is 8.01. The Bertz CT molecular complexity index is 3170. The summed E-state index contributed by atoms with van der Waals surface area (Å²) in [5, 5.41) is 21.0. The van der Waals surface area contributed by atoms with Crippen LogP contribution in [0.5, 0.6) is 0 Å². The molecule has 0 spiro atoms. The molecule has 1 aliphatic heterocycles. The second-order valence-electron chi connectivity index (χ2n) is 17.2. The molecule has 1 saturated heterocycles. The maximum absolute atomic E-state index is 14.1. The number of anilines is 4. The van der Waals surface area contributed by atoms with Crippen molar-refractivity contribution in [2.75, 3.05) is 72.4 Å². The average molecular weight is 1110 g/mol. The molecular formula is C50H51ClF6N6O8S3. The van der Waals surface area contributed by atoms with Crippen LogP contribution >= 0.6 is 23.4 Å². The number of nitrogens with one attached hydrogen (secondary N) is 2. The lowest BCUT2D eigenvalue weighted by Gasteiger charge is -2.37. The number of carboxylic acids is 2. The molecular weight excluding hydrogens is 1060 g/mol. The Balaban J connectivity index is 0.00000119. The number of aliphatic carboxylic acids is 1. The van der Waals surface area contributed by atoms with E-state index >= 15 is 0 Å². The van der Waals surface area contributed by atoms with E-state index in [9.17, 15) is 53.1 Å². The zero-order valence-corrected chi connectivity index (χ0v) is 43.3. The quantitative estimate of drug-likeness (QED) is 0.0501. The first-order valence-corrected chi connectivity index (χ1v) is 26.8. The van der Waals surface area contributed by atoms with E-state index in [4.69, 9.17) is 21.5 Å². The van der Waals surface area contributed by atoms with Gasteiger partial charge in [-0.1, -0.05) is 54.1 Å². The molecule has 396 valence electrons. The molecule has 1 aromatic heterocycles. The summed E-state index contributed by atoms with van der Waals surface area (Å²) in [6.45, 7) is 4.79. The number of rotatable bonds is 17. The van der Waals surface area contributed by atoms with Gasteiger partial charge in [-0.25, -0.2) is 26.4 Å². The van der Waals surface area contributed by atoms with Gasteiger partial charge in [0.15, 0.2) is 0 Å². The molecule has 1 fully saturated rings. The Hall–Kier alpha value is -6.40. The van der Waals surface area contributed by atoms with Gasteiger partial charge < -0.3 is 34.8 Å². The SMILES string of the molecule is Cc1c(C(=O)O)c(-c2cccc(N3CCN(c4ccc(NS(=O)(=O)c5ccc(N[C@H](CCN(C)C)CSc6ccccc6)c(S(=O)(=O)C(F)(F)F)c5)cc4)CC3)c2)c(-c2ccc(Cl)cc2)n1C.O=C(O)C(F)(F)F. The lowest BCUT2D eigenvalue weighted by molar-refractivity contribution is -0.192. The van der Waals surface area contributed by atoms with Crippen molar-refractivity contribution in [1.29, 1.82) is 0 Å². The number of piperazine rings is 1. The summed E-state index contributed by atoms with van der Waals surface area (Å²) in [4.78, 5) is 26.8. The lowest BCUT2D eigenvalue weighted by Crippen LogP contribution is -2.46. The van der Waals surface area contributed by atoms with Gasteiger partial charge >= 0.3 is 23.6 Å². The lowest BCUT2D eigenvalue weighted by atomic mass is 9.96. The van der Waals surface area contributed by atoms with Crippen molar-refractivity contribution in [1.82, 2.24) is 9.47 Å². The van der Waals surface area contributed by atoms with E-state index in [0.29, 0.717) is 67.2 Å². The van der Waals surface area contributed by atoms with Crippen LogP contribution in [0.1, 0.15) is 22.5 Å². The number of thioether (sulfide) groups is 1. The first-order valence-electron chi connectivity index (χ1n) is 22.4. The van der Waals surface area contributed by atoms with Crippen molar-refractivity contribution >= 4 is 77.9 Å². The Morgan fingerprint density at radius 2 is 1.36 bits per heavy atom. The molecule has 1 atom stereocenters. The van der Waals surface area contributed by atoms with Crippen LogP contribution in [-0.4, -0.2) is 119 Å². The van der Waals surface area contributed by atoms with Crippen LogP contribution < -0.4 is 19.8 Å². The zero-order valence-electron chi connectivity index (χ0n) is 40.1. The summed E-state index contributed by atoms with van der Waals surface area (Å²) < 4.78 is 132. The third-order valence-corrected chi connectivity index (χ3v) is 16.2. The highest BCUT2D eigenvalue weighted by atomic mass is 35.5. The Morgan fingerprint density at radius 1 is 0.770 bits per heavy atom. The molecule has 0 aliphatic carbocycles. The Labute approximate surface area is 433 Å². The minimum absolute atomic E-state index is 0.123. The standard InChI is InChI=1S/C48H50ClF3N6O6S3.C2HF3O2/c1-32-44(47(59)60)45(46(56(32)4)33-13-15-35(49)16-14-33)34-9-8-10-39(29-34)58-27-25-57(26-28-58)38-19-17-36(18-20-38)54-67(63,64)41-21-22-42(43(30-41)66(61,62)48(50,51)52)53-37(23-24-55(2)3)31-65-40-11-6-5-7-12-40;3-2(4,5)1(6)7/h5-22,29-30,37,53-54H,23-28,31H2,1-4H3,(H,59,60);(H,6,7)/t37-;/m1./s1. The number of carboxylic acid groups (broad SMARTS) is 2. The van der Waals surface area contributed by atoms with E-state index in [2.05, 4.69) is 19.8 Å². The summed E-state index contributed by atoms with van der Waals surface area (Å²) in [5.41, 5.74) is -0.403. The third kappa shape index (κ3) is 13.8. The minimum atomic E-state index is -5.99. The van der Waals surface area contributed by atoms with E-state index in [-0.39, 0.29) is 16.9 Å². The van der Waals surface area contributed by atoms with Crippen LogP contribution in [0.4, 0.5) is 49.1 Å². The number of sulfonamides is 1. The molecule has 7 rings (SSSR count). The number of aromatic carboxylic acids is 1. The molecule has 0 radical (unpaired) electrons. The van der Waals surface area contributed by atoms with Crippen molar-refractivity contribution in [3.63, 3.8) is 0 Å². The fourth-order valence-corrected chi connectivity index (χ4v) is 11.2. The smallest absolute Gasteiger partial charge is 0.478 e. The number of benzene rings is 5. The number of alkyl halides is 6. The maximum Gasteiger partial charge on any atom is 0.501 e. The normalized spacial score (nSPS) is 13.8. The van der Waals surface area contributed by atoms with Crippen LogP contribution in [0.3, 0.4) is 0 Å². The number of sulfone groups is 1. The highest BCUT2D eigenvalue weighted by Crippen LogP contribution is 2.41. The third-order valence-electron chi connectivity index (χ3n) is 11.9. The summed E-state index contributed by atoms with van der Waals surface area (Å²) in [6, 6.07) is 33.2. The van der Waals surface area contributed by atoms with Crippen LogP contribution in [0, 0.1) is 6.92 Å². The molecule has 0 amide bonds. The average Bonchev–Trinajstić information content (AvgIpc) is 3.62. The van der Waals surface area contributed by atoms with Gasteiger partial charge in [-0.15, -0.1) is 11.8 Å². The highest BCUT2D eigenvalue weighted by molar-refractivity contribution is 7.99. The number of aromatic nitrogens is 1. The van der Waals surface area contributed by atoms with E-state index in [1.807, 2.05) is 97.3 Å². The van der Waals surface area contributed by atoms with Crippen LogP contribution in [0.2, 0.25) is 5.02 Å². The van der Waals surface area contributed by atoms with E-state index in [1.54, 1.807) is 31.2 Å². The van der Waals surface area contributed by atoms with Gasteiger partial charge in [0, 0.05) is 83.3 Å². The van der Waals surface area contributed by atoms with Crippen LogP contribution in [0.15, 0.2) is 136 Å². The minimum Gasteiger partial charge on any atom is -0.478 e. The molecule has 0 saturated carbocycles. The van der Waals surface area contributed by atoms with Crippen molar-refractivity contribution in [3.8, 4) is 22.4 Å². The molecule has 14 nitrogen and oxygen atoms in total. The molecule has 74 heavy (non-hydrogen) atoms. The Morgan fingerprint density at radius 3 is 1.92 bits per heavy atom. The fraction of sp³-hybridized carbons (Fsp3) is 0.280. The molecule has 24 heteroatoms. The second kappa shape index (κ2) is 23.4.